The maximum absolute atomic E-state index is 11.1. The lowest BCUT2D eigenvalue weighted by Gasteiger charge is -2.31. The lowest BCUT2D eigenvalue weighted by atomic mass is 9.89. The van der Waals surface area contributed by atoms with Gasteiger partial charge in [-0.1, -0.05) is 30.3 Å². The number of carbonyl (C=O) groups is 1. The van der Waals surface area contributed by atoms with Crippen LogP contribution in [-0.2, 0) is 11.2 Å². The monoisotopic (exact) mass is 425 g/mol. The lowest BCUT2D eigenvalue weighted by Crippen LogP contribution is -2.43. The summed E-state index contributed by atoms with van der Waals surface area (Å²) < 4.78 is 0. The first kappa shape index (κ1) is 23.8. The first-order valence-corrected chi connectivity index (χ1v) is 8.59. The Morgan fingerprint density at radius 1 is 1.32 bits per heavy atom. The molecule has 28 heavy (non-hydrogen) atoms. The van der Waals surface area contributed by atoms with Gasteiger partial charge in [-0.05, 0) is 37.9 Å². The maximum atomic E-state index is 11.1. The van der Waals surface area contributed by atoms with E-state index in [0.29, 0.717) is 5.69 Å². The molecule has 1 aromatic heterocycles. The van der Waals surface area contributed by atoms with Gasteiger partial charge in [0.25, 0.3) is 5.91 Å². The Morgan fingerprint density at radius 3 is 2.68 bits per heavy atom. The van der Waals surface area contributed by atoms with Crippen molar-refractivity contribution in [3.05, 3.63) is 59.6 Å². The minimum absolute atomic E-state index is 0. The molecule has 1 fully saturated rings. The highest BCUT2D eigenvalue weighted by Gasteiger charge is 2.34. The average molecular weight is 426 g/mol. The Bertz CT molecular complexity index is 796. The van der Waals surface area contributed by atoms with Crippen LogP contribution in [0.5, 0.6) is 0 Å². The van der Waals surface area contributed by atoms with E-state index in [-0.39, 0.29) is 30.4 Å². The summed E-state index contributed by atoms with van der Waals surface area (Å²) in [4.78, 5) is 20.0. The van der Waals surface area contributed by atoms with Gasteiger partial charge in [0.15, 0.2) is 0 Å². The van der Waals surface area contributed by atoms with Crippen molar-refractivity contribution < 1.29 is 10.0 Å². The van der Waals surface area contributed by atoms with E-state index in [4.69, 9.17) is 5.21 Å². The van der Waals surface area contributed by atoms with Crippen LogP contribution in [0, 0.1) is 6.92 Å². The van der Waals surface area contributed by atoms with Crippen molar-refractivity contribution in [2.75, 3.05) is 18.4 Å². The molecule has 1 saturated heterocycles. The van der Waals surface area contributed by atoms with Gasteiger partial charge in [-0.2, -0.15) is 0 Å². The second-order valence-corrected chi connectivity index (χ2v) is 6.53. The van der Waals surface area contributed by atoms with Crippen molar-refractivity contribution in [1.82, 2.24) is 20.8 Å². The summed E-state index contributed by atoms with van der Waals surface area (Å²) in [6.45, 7) is 3.71. The van der Waals surface area contributed by atoms with E-state index in [1.54, 1.807) is 11.7 Å². The summed E-state index contributed by atoms with van der Waals surface area (Å²) in [5, 5.41) is 15.5. The van der Waals surface area contributed by atoms with E-state index in [9.17, 15) is 4.79 Å². The molecule has 9 heteroatoms. The summed E-state index contributed by atoms with van der Waals surface area (Å²) in [5.74, 6) is 0.138. The summed E-state index contributed by atoms with van der Waals surface area (Å²) in [6, 6.07) is 10.4. The second-order valence-electron chi connectivity index (χ2n) is 6.53. The Hall–Kier alpha value is -2.19. The van der Waals surface area contributed by atoms with E-state index >= 15 is 0 Å². The molecule has 2 aromatic rings. The highest BCUT2D eigenvalue weighted by Crippen LogP contribution is 2.26. The minimum Gasteiger partial charge on any atom is -0.361 e. The maximum Gasteiger partial charge on any atom is 0.267 e. The highest BCUT2D eigenvalue weighted by atomic mass is 35.5. The van der Waals surface area contributed by atoms with Gasteiger partial charge in [-0.3, -0.25) is 10.0 Å². The molecule has 2 heterocycles. The van der Waals surface area contributed by atoms with E-state index < -0.39 is 5.91 Å². The van der Waals surface area contributed by atoms with Crippen LogP contribution in [-0.4, -0.2) is 39.7 Å². The SMILES string of the molecule is Cc1nc(/C=C/C(=O)NO)cnc1N[C@]1(Cc2ccccc2)CCNC1.Cl.Cl. The zero-order valence-corrected chi connectivity index (χ0v) is 17.1. The largest absolute Gasteiger partial charge is 0.361 e. The van der Waals surface area contributed by atoms with Gasteiger partial charge in [0, 0.05) is 12.6 Å². The standard InChI is InChI=1S/C19H23N5O2.2ClH/c1-14-18(21-12-16(22-14)7-8-17(25)24-26)23-19(9-10-20-13-19)11-15-5-3-2-4-6-15;;/h2-8,12,20,26H,9-11,13H2,1H3,(H,21,23)(H,24,25);2*1H/b8-7+;;/t19-;;/m0../s1. The van der Waals surface area contributed by atoms with Crippen LogP contribution in [0.15, 0.2) is 42.6 Å². The number of hydroxylamine groups is 1. The van der Waals surface area contributed by atoms with E-state index in [1.807, 2.05) is 13.0 Å². The third-order valence-electron chi connectivity index (χ3n) is 4.49. The number of halogens is 2. The molecule has 0 unspecified atom stereocenters. The van der Waals surface area contributed by atoms with Gasteiger partial charge in [-0.25, -0.2) is 15.4 Å². The van der Waals surface area contributed by atoms with Crippen molar-refractivity contribution in [2.45, 2.75) is 25.3 Å². The van der Waals surface area contributed by atoms with Gasteiger partial charge >= 0.3 is 0 Å². The van der Waals surface area contributed by atoms with Crippen molar-refractivity contribution in [1.29, 1.82) is 0 Å². The van der Waals surface area contributed by atoms with Crippen LogP contribution in [0.4, 0.5) is 5.82 Å². The number of aryl methyl sites for hydroxylation is 1. The van der Waals surface area contributed by atoms with Gasteiger partial charge in [0.1, 0.15) is 5.82 Å². The van der Waals surface area contributed by atoms with E-state index in [1.165, 1.54) is 17.7 Å². The van der Waals surface area contributed by atoms with Crippen LogP contribution in [0.25, 0.3) is 6.08 Å². The molecule has 1 aliphatic heterocycles. The average Bonchev–Trinajstić information content (AvgIpc) is 3.10. The number of hydrogen-bond acceptors (Lipinski definition) is 6. The van der Waals surface area contributed by atoms with Crippen LogP contribution >= 0.6 is 24.8 Å². The van der Waals surface area contributed by atoms with E-state index in [2.05, 4.69) is 44.9 Å². The number of rotatable bonds is 6. The van der Waals surface area contributed by atoms with Crippen LogP contribution < -0.4 is 16.1 Å². The normalized spacial score (nSPS) is 18.2. The first-order valence-electron chi connectivity index (χ1n) is 8.59. The van der Waals surface area contributed by atoms with E-state index in [0.717, 1.165) is 37.4 Å². The number of anilines is 1. The van der Waals surface area contributed by atoms with Crippen LogP contribution in [0.2, 0.25) is 0 Å². The molecular weight excluding hydrogens is 401 g/mol. The number of aromatic nitrogens is 2. The Kier molecular flexibility index (Phi) is 9.34. The molecule has 152 valence electrons. The third kappa shape index (κ3) is 6.17. The molecular formula is C19H25Cl2N5O2. The zero-order valence-electron chi connectivity index (χ0n) is 15.5. The first-order chi connectivity index (χ1) is 12.6. The fourth-order valence-corrected chi connectivity index (χ4v) is 3.18. The molecule has 1 aliphatic rings. The van der Waals surface area contributed by atoms with Gasteiger partial charge in [0.05, 0.1) is 23.1 Å². The second kappa shape index (κ2) is 11.0. The molecule has 7 nitrogen and oxygen atoms in total. The molecule has 1 aromatic carbocycles. The summed E-state index contributed by atoms with van der Waals surface area (Å²) >= 11 is 0. The predicted octanol–water partition coefficient (Wildman–Crippen LogP) is 2.53. The summed E-state index contributed by atoms with van der Waals surface area (Å²) in [7, 11) is 0. The zero-order chi connectivity index (χ0) is 18.4. The highest BCUT2D eigenvalue weighted by molar-refractivity contribution is 5.90. The number of hydrogen-bond donors (Lipinski definition) is 4. The third-order valence-corrected chi connectivity index (χ3v) is 4.49. The number of amides is 1. The molecule has 0 radical (unpaired) electrons. The van der Waals surface area contributed by atoms with Gasteiger partial charge < -0.3 is 10.6 Å². The summed E-state index contributed by atoms with van der Waals surface area (Å²) in [5.41, 5.74) is 4.04. The van der Waals surface area contributed by atoms with Crippen LogP contribution in [0.3, 0.4) is 0 Å². The molecule has 1 amide bonds. The lowest BCUT2D eigenvalue weighted by molar-refractivity contribution is -0.124. The molecule has 0 bridgehead atoms. The van der Waals surface area contributed by atoms with Crippen molar-refractivity contribution in [2.24, 2.45) is 0 Å². The topological polar surface area (TPSA) is 99.2 Å². The van der Waals surface area contributed by atoms with Crippen molar-refractivity contribution in [3.8, 4) is 0 Å². The molecule has 1 atom stereocenters. The quantitative estimate of drug-likeness (QED) is 0.322. The Morgan fingerprint density at radius 2 is 2.07 bits per heavy atom. The van der Waals surface area contributed by atoms with Crippen LogP contribution in [0.1, 0.15) is 23.4 Å². The number of nitrogens with zero attached hydrogens (tertiary/aromatic N) is 2. The molecule has 0 saturated carbocycles. The Labute approximate surface area is 176 Å². The number of nitrogens with one attached hydrogen (secondary N) is 3. The molecule has 4 N–H and O–H groups in total. The number of carbonyl (C=O) groups excluding carboxylic acids is 1. The molecule has 0 spiro atoms. The molecule has 3 rings (SSSR count). The smallest absolute Gasteiger partial charge is 0.267 e. The van der Waals surface area contributed by atoms with Crippen molar-refractivity contribution >= 4 is 42.6 Å². The fraction of sp³-hybridized carbons (Fsp3) is 0.316. The summed E-state index contributed by atoms with van der Waals surface area (Å²) in [6.07, 6.45) is 6.22. The Balaban J connectivity index is 0.00000196. The van der Waals surface area contributed by atoms with Gasteiger partial charge in [-0.15, -0.1) is 24.8 Å². The number of benzene rings is 1. The molecule has 0 aliphatic carbocycles. The predicted molar refractivity (Wildman–Crippen MR) is 114 cm³/mol. The van der Waals surface area contributed by atoms with Gasteiger partial charge in [0.2, 0.25) is 0 Å². The van der Waals surface area contributed by atoms with Crippen molar-refractivity contribution in [3.63, 3.8) is 0 Å². The fourth-order valence-electron chi connectivity index (χ4n) is 3.18. The minimum atomic E-state index is -0.606.